The van der Waals surface area contributed by atoms with Crippen molar-refractivity contribution in [3.63, 3.8) is 0 Å². The van der Waals surface area contributed by atoms with Crippen molar-refractivity contribution in [3.8, 4) is 11.1 Å². The van der Waals surface area contributed by atoms with Crippen molar-refractivity contribution in [2.75, 3.05) is 0 Å². The van der Waals surface area contributed by atoms with E-state index < -0.39 is 11.4 Å². The highest BCUT2D eigenvalue weighted by molar-refractivity contribution is 6.05. The van der Waals surface area contributed by atoms with Gasteiger partial charge in [-0.3, -0.25) is 0 Å². The fourth-order valence-electron chi connectivity index (χ4n) is 4.72. The summed E-state index contributed by atoms with van der Waals surface area (Å²) in [5, 5.41) is 1.87. The SMILES string of the molecule is CCCCCCCCc1ccc(-c2ccc3c(c2)c(=O)oc2c(F)c(CCCC)ccc23)cc1. The Bertz CT molecular complexity index is 1300. The van der Waals surface area contributed by atoms with E-state index in [0.29, 0.717) is 22.8 Å². The van der Waals surface area contributed by atoms with E-state index in [2.05, 4.69) is 38.1 Å². The van der Waals surface area contributed by atoms with Crippen molar-refractivity contribution in [2.45, 2.75) is 78.1 Å². The van der Waals surface area contributed by atoms with Crippen LogP contribution in [0.15, 0.2) is 63.8 Å². The number of hydrogen-bond donors (Lipinski definition) is 0. The number of rotatable bonds is 11. The Kier molecular flexibility index (Phi) is 8.16. The molecule has 0 saturated heterocycles. The number of unbranched alkanes of at least 4 members (excludes halogenated alkanes) is 6. The lowest BCUT2D eigenvalue weighted by atomic mass is 9.97. The largest absolute Gasteiger partial charge is 0.419 e. The summed E-state index contributed by atoms with van der Waals surface area (Å²) in [6.07, 6.45) is 11.4. The average Bonchev–Trinajstić information content (AvgIpc) is 2.86. The molecule has 178 valence electrons. The van der Waals surface area contributed by atoms with E-state index in [4.69, 9.17) is 4.42 Å². The molecule has 0 spiro atoms. The van der Waals surface area contributed by atoms with Gasteiger partial charge in [0.1, 0.15) is 0 Å². The van der Waals surface area contributed by atoms with Crippen LogP contribution < -0.4 is 5.63 Å². The Labute approximate surface area is 201 Å². The molecule has 3 heteroatoms. The van der Waals surface area contributed by atoms with Gasteiger partial charge >= 0.3 is 5.63 Å². The molecular formula is C31H35FO2. The molecule has 4 aromatic rings. The monoisotopic (exact) mass is 458 g/mol. The van der Waals surface area contributed by atoms with Crippen molar-refractivity contribution in [2.24, 2.45) is 0 Å². The Hall–Kier alpha value is -2.94. The van der Waals surface area contributed by atoms with Crippen molar-refractivity contribution in [1.82, 2.24) is 0 Å². The molecule has 0 aliphatic carbocycles. The third-order valence-corrected chi connectivity index (χ3v) is 6.81. The molecule has 3 aromatic carbocycles. The molecule has 0 N–H and O–H groups in total. The van der Waals surface area contributed by atoms with E-state index in [1.807, 2.05) is 30.3 Å². The van der Waals surface area contributed by atoms with E-state index in [-0.39, 0.29) is 5.58 Å². The quantitative estimate of drug-likeness (QED) is 0.127. The van der Waals surface area contributed by atoms with Crippen molar-refractivity contribution < 1.29 is 8.81 Å². The highest BCUT2D eigenvalue weighted by atomic mass is 19.1. The number of halogens is 1. The predicted octanol–water partition coefficient (Wildman–Crippen LogP) is 9.00. The second kappa shape index (κ2) is 11.5. The fourth-order valence-corrected chi connectivity index (χ4v) is 4.72. The summed E-state index contributed by atoms with van der Waals surface area (Å²) < 4.78 is 20.5. The average molecular weight is 459 g/mol. The lowest BCUT2D eigenvalue weighted by Crippen LogP contribution is -2.02. The van der Waals surface area contributed by atoms with E-state index >= 15 is 4.39 Å². The maximum atomic E-state index is 15.0. The summed E-state index contributed by atoms with van der Waals surface area (Å²) in [5.74, 6) is -0.407. The second-order valence-corrected chi connectivity index (χ2v) is 9.38. The minimum absolute atomic E-state index is 0.0675. The minimum atomic E-state index is -0.490. The first-order valence-corrected chi connectivity index (χ1v) is 12.9. The number of aryl methyl sites for hydroxylation is 2. The molecule has 4 rings (SSSR count). The maximum absolute atomic E-state index is 15.0. The van der Waals surface area contributed by atoms with Crippen LogP contribution in [0.3, 0.4) is 0 Å². The van der Waals surface area contributed by atoms with E-state index in [0.717, 1.165) is 35.8 Å². The first-order chi connectivity index (χ1) is 16.6. The van der Waals surface area contributed by atoms with Crippen LogP contribution >= 0.6 is 0 Å². The lowest BCUT2D eigenvalue weighted by molar-refractivity contribution is 0.523. The normalized spacial score (nSPS) is 11.5. The van der Waals surface area contributed by atoms with Crippen LogP contribution in [0, 0.1) is 5.82 Å². The van der Waals surface area contributed by atoms with Crippen LogP contribution in [0.25, 0.3) is 32.9 Å². The summed E-state index contributed by atoms with van der Waals surface area (Å²) in [6.45, 7) is 4.32. The predicted molar refractivity (Wildman–Crippen MR) is 141 cm³/mol. The molecule has 0 unspecified atom stereocenters. The standard InChI is InChI=1S/C31H35FO2/c1-3-5-7-8-9-10-11-22-13-15-23(16-14-22)25-18-19-26-27-20-17-24(12-6-4-2)29(32)30(27)34-31(33)28(26)21-25/h13-21H,3-12H2,1-2H3. The molecule has 0 radical (unpaired) electrons. The van der Waals surface area contributed by atoms with Crippen LogP contribution in [-0.4, -0.2) is 0 Å². The Morgan fingerprint density at radius 3 is 2.12 bits per heavy atom. The van der Waals surface area contributed by atoms with Gasteiger partial charge in [-0.05, 0) is 54.0 Å². The highest BCUT2D eigenvalue weighted by Crippen LogP contribution is 2.30. The number of benzene rings is 3. The van der Waals surface area contributed by atoms with Crippen LogP contribution in [0.1, 0.15) is 76.3 Å². The summed E-state index contributed by atoms with van der Waals surface area (Å²) in [6, 6.07) is 18.1. The molecule has 1 aromatic heterocycles. The van der Waals surface area contributed by atoms with Crippen molar-refractivity contribution >= 4 is 21.7 Å². The zero-order valence-corrected chi connectivity index (χ0v) is 20.5. The van der Waals surface area contributed by atoms with Crippen LogP contribution in [0.2, 0.25) is 0 Å². The number of fused-ring (bicyclic) bond motifs is 3. The lowest BCUT2D eigenvalue weighted by Gasteiger charge is -2.09. The van der Waals surface area contributed by atoms with E-state index in [1.54, 1.807) is 0 Å². The third-order valence-electron chi connectivity index (χ3n) is 6.81. The first kappa shape index (κ1) is 24.2. The number of hydrogen-bond acceptors (Lipinski definition) is 2. The van der Waals surface area contributed by atoms with Gasteiger partial charge in [0.2, 0.25) is 0 Å². The first-order valence-electron chi connectivity index (χ1n) is 12.9. The highest BCUT2D eigenvalue weighted by Gasteiger charge is 2.15. The van der Waals surface area contributed by atoms with Gasteiger partial charge < -0.3 is 4.42 Å². The molecule has 0 fully saturated rings. The van der Waals surface area contributed by atoms with Gasteiger partial charge in [0, 0.05) is 10.8 Å². The fraction of sp³-hybridized carbons (Fsp3) is 0.387. The van der Waals surface area contributed by atoms with Crippen LogP contribution in [0.4, 0.5) is 4.39 Å². The summed E-state index contributed by atoms with van der Waals surface area (Å²) in [4.78, 5) is 12.8. The van der Waals surface area contributed by atoms with E-state index in [9.17, 15) is 4.79 Å². The van der Waals surface area contributed by atoms with Crippen LogP contribution in [0.5, 0.6) is 0 Å². The molecule has 2 nitrogen and oxygen atoms in total. The van der Waals surface area contributed by atoms with Crippen LogP contribution in [-0.2, 0) is 12.8 Å². The third kappa shape index (κ3) is 5.41. The topological polar surface area (TPSA) is 30.2 Å². The molecule has 0 saturated carbocycles. The van der Waals surface area contributed by atoms with Gasteiger partial charge in [-0.25, -0.2) is 9.18 Å². The van der Waals surface area contributed by atoms with E-state index in [1.165, 1.54) is 44.1 Å². The maximum Gasteiger partial charge on any atom is 0.344 e. The minimum Gasteiger partial charge on any atom is -0.419 e. The molecule has 0 aliphatic rings. The van der Waals surface area contributed by atoms with Gasteiger partial charge in [-0.1, -0.05) is 101 Å². The summed E-state index contributed by atoms with van der Waals surface area (Å²) in [7, 11) is 0. The zero-order valence-electron chi connectivity index (χ0n) is 20.5. The molecule has 1 heterocycles. The molecule has 0 aliphatic heterocycles. The van der Waals surface area contributed by atoms with Gasteiger partial charge in [-0.2, -0.15) is 0 Å². The smallest absolute Gasteiger partial charge is 0.344 e. The van der Waals surface area contributed by atoms with Gasteiger partial charge in [-0.15, -0.1) is 0 Å². The Balaban J connectivity index is 1.56. The molecule has 34 heavy (non-hydrogen) atoms. The molecule has 0 amide bonds. The van der Waals surface area contributed by atoms with Gasteiger partial charge in [0.25, 0.3) is 0 Å². The van der Waals surface area contributed by atoms with Gasteiger partial charge in [0.05, 0.1) is 5.39 Å². The molecule has 0 bridgehead atoms. The molecular weight excluding hydrogens is 423 g/mol. The molecule has 0 atom stereocenters. The summed E-state index contributed by atoms with van der Waals surface area (Å²) in [5.41, 5.74) is 3.56. The second-order valence-electron chi connectivity index (χ2n) is 9.38. The van der Waals surface area contributed by atoms with Crippen molar-refractivity contribution in [3.05, 3.63) is 82.0 Å². The Morgan fingerprint density at radius 2 is 1.35 bits per heavy atom. The Morgan fingerprint density at radius 1 is 0.676 bits per heavy atom. The zero-order chi connectivity index (χ0) is 23.9. The van der Waals surface area contributed by atoms with Crippen molar-refractivity contribution in [1.29, 1.82) is 0 Å². The summed E-state index contributed by atoms with van der Waals surface area (Å²) >= 11 is 0. The van der Waals surface area contributed by atoms with Gasteiger partial charge in [0.15, 0.2) is 11.4 Å².